The number of carboxylic acid groups (broad SMARTS) is 1. The summed E-state index contributed by atoms with van der Waals surface area (Å²) in [5, 5.41) is 20.1. The Morgan fingerprint density at radius 3 is 2.85 bits per heavy atom. The minimum Gasteiger partial charge on any atom is -0.478 e. The standard InChI is InChI=1S/C16H15ClN6O3/c17-13-3-1-2-11(6-13)8-23-10-18-16(21-23)20-14(24)4-5-22-9-12(7-19-22)15(25)26/h1-3,6-7,9-10H,4-5,8H2,(H,25,26)(H,20,21,24). The van der Waals surface area contributed by atoms with Gasteiger partial charge in [-0.2, -0.15) is 5.10 Å². The van der Waals surface area contributed by atoms with Gasteiger partial charge in [0.25, 0.3) is 0 Å². The molecule has 1 amide bonds. The number of aryl methyl sites for hydroxylation is 1. The Bertz CT molecular complexity index is 935. The van der Waals surface area contributed by atoms with Crippen LogP contribution in [-0.4, -0.2) is 41.5 Å². The first kappa shape index (κ1) is 17.6. The summed E-state index contributed by atoms with van der Waals surface area (Å²) in [5.41, 5.74) is 1.04. The van der Waals surface area contributed by atoms with E-state index in [-0.39, 0.29) is 30.4 Å². The molecular formula is C16H15ClN6O3. The molecule has 9 nitrogen and oxygen atoms in total. The van der Waals surface area contributed by atoms with Gasteiger partial charge in [-0.1, -0.05) is 23.7 Å². The topological polar surface area (TPSA) is 115 Å². The number of aromatic nitrogens is 5. The number of carbonyl (C=O) groups excluding carboxylic acids is 1. The summed E-state index contributed by atoms with van der Waals surface area (Å²) in [6.07, 6.45) is 4.24. The van der Waals surface area contributed by atoms with Crippen LogP contribution in [0.3, 0.4) is 0 Å². The zero-order chi connectivity index (χ0) is 18.5. The first-order chi connectivity index (χ1) is 12.5. The average molecular weight is 375 g/mol. The van der Waals surface area contributed by atoms with Crippen LogP contribution < -0.4 is 5.32 Å². The fourth-order valence-corrected chi connectivity index (χ4v) is 2.46. The molecule has 3 rings (SSSR count). The molecule has 2 aromatic heterocycles. The molecule has 0 spiro atoms. The van der Waals surface area contributed by atoms with E-state index in [0.717, 1.165) is 5.56 Å². The van der Waals surface area contributed by atoms with E-state index in [0.29, 0.717) is 11.6 Å². The minimum absolute atomic E-state index is 0.0758. The maximum absolute atomic E-state index is 12.0. The van der Waals surface area contributed by atoms with Crippen molar-refractivity contribution in [3.63, 3.8) is 0 Å². The van der Waals surface area contributed by atoms with Gasteiger partial charge in [0.2, 0.25) is 11.9 Å². The van der Waals surface area contributed by atoms with Crippen molar-refractivity contribution in [2.75, 3.05) is 5.32 Å². The van der Waals surface area contributed by atoms with E-state index in [1.54, 1.807) is 10.7 Å². The molecule has 3 aromatic rings. The van der Waals surface area contributed by atoms with Gasteiger partial charge < -0.3 is 5.11 Å². The smallest absolute Gasteiger partial charge is 0.338 e. The molecule has 0 saturated carbocycles. The van der Waals surface area contributed by atoms with E-state index >= 15 is 0 Å². The highest BCUT2D eigenvalue weighted by Crippen LogP contribution is 2.12. The third-order valence-corrected chi connectivity index (χ3v) is 3.70. The van der Waals surface area contributed by atoms with E-state index in [1.165, 1.54) is 23.4 Å². The lowest BCUT2D eigenvalue weighted by atomic mass is 10.2. The normalized spacial score (nSPS) is 10.7. The Labute approximate surface area is 153 Å². The molecule has 0 unspecified atom stereocenters. The van der Waals surface area contributed by atoms with Crippen molar-refractivity contribution < 1.29 is 14.7 Å². The first-order valence-electron chi connectivity index (χ1n) is 7.69. The number of hydrogen-bond acceptors (Lipinski definition) is 5. The maximum Gasteiger partial charge on any atom is 0.338 e. The van der Waals surface area contributed by atoms with Crippen LogP contribution in [0.25, 0.3) is 0 Å². The number of halogens is 1. The number of nitrogens with zero attached hydrogens (tertiary/aromatic N) is 5. The molecule has 0 atom stereocenters. The Balaban J connectivity index is 1.51. The van der Waals surface area contributed by atoms with Gasteiger partial charge in [-0.05, 0) is 17.7 Å². The molecule has 0 aliphatic rings. The molecule has 1 aromatic carbocycles. The predicted molar refractivity (Wildman–Crippen MR) is 93.0 cm³/mol. The number of carbonyl (C=O) groups is 2. The van der Waals surface area contributed by atoms with Crippen LogP contribution >= 0.6 is 11.6 Å². The second kappa shape index (κ2) is 7.79. The molecule has 0 aliphatic carbocycles. The Morgan fingerprint density at radius 2 is 2.12 bits per heavy atom. The van der Waals surface area contributed by atoms with Crippen molar-refractivity contribution in [3.05, 3.63) is 59.1 Å². The van der Waals surface area contributed by atoms with E-state index in [9.17, 15) is 9.59 Å². The summed E-state index contributed by atoms with van der Waals surface area (Å²) in [6, 6.07) is 7.39. The van der Waals surface area contributed by atoms with Gasteiger partial charge >= 0.3 is 5.97 Å². The monoisotopic (exact) mass is 374 g/mol. The van der Waals surface area contributed by atoms with Crippen LogP contribution in [0.4, 0.5) is 5.95 Å². The van der Waals surface area contributed by atoms with E-state index < -0.39 is 5.97 Å². The second-order valence-electron chi connectivity index (χ2n) is 5.49. The first-order valence-corrected chi connectivity index (χ1v) is 8.07. The molecule has 2 heterocycles. The lowest BCUT2D eigenvalue weighted by molar-refractivity contribution is -0.116. The molecule has 2 N–H and O–H groups in total. The summed E-state index contributed by atoms with van der Waals surface area (Å²) >= 11 is 5.95. The van der Waals surface area contributed by atoms with Crippen molar-refractivity contribution in [1.82, 2.24) is 24.5 Å². The number of aromatic carboxylic acids is 1. The largest absolute Gasteiger partial charge is 0.478 e. The third kappa shape index (κ3) is 4.67. The summed E-state index contributed by atoms with van der Waals surface area (Å²) < 4.78 is 2.99. The minimum atomic E-state index is -1.06. The number of hydrogen-bond donors (Lipinski definition) is 2. The molecule has 0 radical (unpaired) electrons. The Kier molecular flexibility index (Phi) is 5.28. The fourth-order valence-electron chi connectivity index (χ4n) is 2.25. The molecule has 26 heavy (non-hydrogen) atoms. The number of carboxylic acids is 1. The van der Waals surface area contributed by atoms with Crippen LogP contribution in [0, 0.1) is 0 Å². The van der Waals surface area contributed by atoms with Crippen LogP contribution in [0.5, 0.6) is 0 Å². The van der Waals surface area contributed by atoms with E-state index in [1.807, 2.05) is 18.2 Å². The summed E-state index contributed by atoms with van der Waals surface area (Å²) in [6.45, 7) is 0.733. The van der Waals surface area contributed by atoms with Gasteiger partial charge in [-0.25, -0.2) is 14.5 Å². The van der Waals surface area contributed by atoms with Gasteiger partial charge in [0.1, 0.15) is 6.33 Å². The molecular weight excluding hydrogens is 360 g/mol. The molecule has 0 aliphatic heterocycles. The number of rotatable bonds is 7. The third-order valence-electron chi connectivity index (χ3n) is 3.47. The van der Waals surface area contributed by atoms with E-state index in [2.05, 4.69) is 20.5 Å². The summed E-state index contributed by atoms with van der Waals surface area (Å²) in [4.78, 5) is 26.8. The van der Waals surface area contributed by atoms with Gasteiger partial charge in [-0.3, -0.25) is 14.8 Å². The Hall–Kier alpha value is -3.20. The fraction of sp³-hybridized carbons (Fsp3) is 0.188. The molecule has 10 heteroatoms. The van der Waals surface area contributed by atoms with Crippen molar-refractivity contribution in [2.45, 2.75) is 19.5 Å². The average Bonchev–Trinajstić information content (AvgIpc) is 3.23. The van der Waals surface area contributed by atoms with Crippen LogP contribution in [0.1, 0.15) is 22.3 Å². The highest BCUT2D eigenvalue weighted by Gasteiger charge is 2.10. The second-order valence-corrected chi connectivity index (χ2v) is 5.93. The van der Waals surface area contributed by atoms with Crippen molar-refractivity contribution in [1.29, 1.82) is 0 Å². The van der Waals surface area contributed by atoms with Gasteiger partial charge in [-0.15, -0.1) is 5.10 Å². The highest BCUT2D eigenvalue weighted by molar-refractivity contribution is 6.30. The molecule has 134 valence electrons. The van der Waals surface area contributed by atoms with Crippen LogP contribution in [0.2, 0.25) is 5.02 Å². The lowest BCUT2D eigenvalue weighted by Crippen LogP contribution is -2.16. The maximum atomic E-state index is 12.0. The molecule has 0 fully saturated rings. The Morgan fingerprint density at radius 1 is 1.27 bits per heavy atom. The zero-order valence-corrected chi connectivity index (χ0v) is 14.3. The van der Waals surface area contributed by atoms with Crippen molar-refractivity contribution in [3.8, 4) is 0 Å². The quantitative estimate of drug-likeness (QED) is 0.652. The number of benzene rings is 1. The van der Waals surface area contributed by atoms with Crippen LogP contribution in [-0.2, 0) is 17.9 Å². The van der Waals surface area contributed by atoms with Gasteiger partial charge in [0.15, 0.2) is 0 Å². The van der Waals surface area contributed by atoms with Crippen LogP contribution in [0.15, 0.2) is 43.0 Å². The van der Waals surface area contributed by atoms with Crippen molar-refractivity contribution >= 4 is 29.4 Å². The summed E-state index contributed by atoms with van der Waals surface area (Å²) in [7, 11) is 0. The van der Waals surface area contributed by atoms with Gasteiger partial charge in [0.05, 0.1) is 18.3 Å². The lowest BCUT2D eigenvalue weighted by Gasteiger charge is -2.03. The number of anilines is 1. The molecule has 0 bridgehead atoms. The van der Waals surface area contributed by atoms with Gasteiger partial charge in [0, 0.05) is 24.2 Å². The summed E-state index contributed by atoms with van der Waals surface area (Å²) in [5.74, 6) is -1.16. The molecule has 0 saturated heterocycles. The zero-order valence-electron chi connectivity index (χ0n) is 13.5. The SMILES string of the molecule is O=C(CCn1cc(C(=O)O)cn1)Nc1ncn(Cc2cccc(Cl)c2)n1. The highest BCUT2D eigenvalue weighted by atomic mass is 35.5. The predicted octanol–water partition coefficient (Wildman–Crippen LogP) is 1.90. The number of nitrogens with one attached hydrogen (secondary N) is 1. The number of amides is 1. The van der Waals surface area contributed by atoms with E-state index in [4.69, 9.17) is 16.7 Å². The van der Waals surface area contributed by atoms with Crippen molar-refractivity contribution in [2.24, 2.45) is 0 Å².